The van der Waals surface area contributed by atoms with Gasteiger partial charge in [0.05, 0.1) is 5.69 Å². The van der Waals surface area contributed by atoms with Crippen LogP contribution >= 0.6 is 11.6 Å². The van der Waals surface area contributed by atoms with Crippen LogP contribution in [0.15, 0.2) is 40.8 Å². The van der Waals surface area contributed by atoms with Crippen LogP contribution in [0.2, 0.25) is 5.02 Å². The molecule has 2 heterocycles. The first-order valence-electron chi connectivity index (χ1n) is 7.89. The lowest BCUT2D eigenvalue weighted by molar-refractivity contribution is -0.123. The second kappa shape index (κ2) is 6.34. The van der Waals surface area contributed by atoms with Crippen LogP contribution in [0, 0.1) is 6.92 Å². The van der Waals surface area contributed by atoms with Crippen molar-refractivity contribution < 1.29 is 18.7 Å². The molecule has 1 aromatic heterocycles. The van der Waals surface area contributed by atoms with Gasteiger partial charge in [-0.2, -0.15) is 0 Å². The number of aryl methyl sites for hydroxylation is 1. The lowest BCUT2D eigenvalue weighted by atomic mass is 10.2. The standard InChI is InChI=1S/C18H14ClN3O4/c1-10-20-13-7-12(3-5-15(13)26-10)21-17(23)8-22-14-6-11(19)2-4-16(14)25-9-18(22)24/h2-7H,8-9H2,1H3,(H,21,23). The Morgan fingerprint density at radius 2 is 2.15 bits per heavy atom. The van der Waals surface area contributed by atoms with Crippen LogP contribution in [0.1, 0.15) is 5.89 Å². The molecule has 26 heavy (non-hydrogen) atoms. The zero-order valence-corrected chi connectivity index (χ0v) is 14.5. The first-order valence-corrected chi connectivity index (χ1v) is 8.27. The van der Waals surface area contributed by atoms with Crippen molar-refractivity contribution in [2.75, 3.05) is 23.4 Å². The van der Waals surface area contributed by atoms with E-state index in [2.05, 4.69) is 10.3 Å². The molecule has 7 nitrogen and oxygen atoms in total. The lowest BCUT2D eigenvalue weighted by Gasteiger charge is -2.29. The average Bonchev–Trinajstić information content (AvgIpc) is 2.97. The molecule has 1 aliphatic heterocycles. The molecule has 0 aliphatic carbocycles. The third-order valence-electron chi connectivity index (χ3n) is 3.94. The average molecular weight is 372 g/mol. The van der Waals surface area contributed by atoms with Crippen LogP contribution in [0.3, 0.4) is 0 Å². The summed E-state index contributed by atoms with van der Waals surface area (Å²) in [7, 11) is 0. The summed E-state index contributed by atoms with van der Waals surface area (Å²) in [4.78, 5) is 30.2. The molecule has 3 aromatic rings. The lowest BCUT2D eigenvalue weighted by Crippen LogP contribution is -2.43. The summed E-state index contributed by atoms with van der Waals surface area (Å²) in [5.74, 6) is 0.417. The van der Waals surface area contributed by atoms with Gasteiger partial charge in [-0.3, -0.25) is 14.5 Å². The number of carbonyl (C=O) groups excluding carboxylic acids is 2. The van der Waals surface area contributed by atoms with Crippen LogP contribution in [-0.4, -0.2) is 29.9 Å². The number of hydrogen-bond acceptors (Lipinski definition) is 5. The first kappa shape index (κ1) is 16.4. The third kappa shape index (κ3) is 3.09. The van der Waals surface area contributed by atoms with Crippen molar-refractivity contribution in [3.05, 3.63) is 47.3 Å². The molecule has 0 spiro atoms. The summed E-state index contributed by atoms with van der Waals surface area (Å²) in [5, 5.41) is 3.23. The van der Waals surface area contributed by atoms with E-state index in [1.165, 1.54) is 4.90 Å². The Morgan fingerprint density at radius 1 is 1.31 bits per heavy atom. The second-order valence-corrected chi connectivity index (χ2v) is 6.28. The molecule has 2 aromatic carbocycles. The molecular formula is C18H14ClN3O4. The molecule has 2 amide bonds. The van der Waals surface area contributed by atoms with Crippen molar-refractivity contribution in [2.24, 2.45) is 0 Å². The van der Waals surface area contributed by atoms with Crippen molar-refractivity contribution in [3.63, 3.8) is 0 Å². The van der Waals surface area contributed by atoms with Gasteiger partial charge in [-0.15, -0.1) is 0 Å². The monoisotopic (exact) mass is 371 g/mol. The highest BCUT2D eigenvalue weighted by Crippen LogP contribution is 2.34. The number of hydrogen-bond donors (Lipinski definition) is 1. The van der Waals surface area contributed by atoms with Crippen LogP contribution in [-0.2, 0) is 9.59 Å². The minimum absolute atomic E-state index is 0.119. The quantitative estimate of drug-likeness (QED) is 0.764. The van der Waals surface area contributed by atoms with Crippen molar-refractivity contribution in [2.45, 2.75) is 6.92 Å². The Balaban J connectivity index is 1.54. The van der Waals surface area contributed by atoms with E-state index in [0.717, 1.165) is 0 Å². The van der Waals surface area contributed by atoms with Gasteiger partial charge in [0.25, 0.3) is 5.91 Å². The molecule has 8 heteroatoms. The molecule has 0 bridgehead atoms. The fourth-order valence-electron chi connectivity index (χ4n) is 2.81. The Hall–Kier alpha value is -3.06. The molecule has 4 rings (SSSR count). The Morgan fingerprint density at radius 3 is 3.00 bits per heavy atom. The minimum Gasteiger partial charge on any atom is -0.482 e. The van der Waals surface area contributed by atoms with Crippen molar-refractivity contribution in [3.8, 4) is 5.75 Å². The molecular weight excluding hydrogens is 358 g/mol. The summed E-state index contributed by atoms with van der Waals surface area (Å²) >= 11 is 6.00. The summed E-state index contributed by atoms with van der Waals surface area (Å²) in [5.41, 5.74) is 2.35. The topological polar surface area (TPSA) is 84.7 Å². The molecule has 0 saturated heterocycles. The number of anilines is 2. The van der Waals surface area contributed by atoms with Crippen molar-refractivity contribution >= 4 is 45.9 Å². The maximum atomic E-state index is 12.4. The number of fused-ring (bicyclic) bond motifs is 2. The zero-order chi connectivity index (χ0) is 18.3. The van der Waals surface area contributed by atoms with E-state index >= 15 is 0 Å². The minimum atomic E-state index is -0.342. The number of halogens is 1. The van der Waals surface area contributed by atoms with Gasteiger partial charge in [-0.25, -0.2) is 4.98 Å². The Labute approximate surface area is 153 Å². The maximum Gasteiger partial charge on any atom is 0.265 e. The highest BCUT2D eigenvalue weighted by molar-refractivity contribution is 6.31. The summed E-state index contributed by atoms with van der Waals surface area (Å²) in [6.07, 6.45) is 0. The number of nitrogens with one attached hydrogen (secondary N) is 1. The second-order valence-electron chi connectivity index (χ2n) is 5.84. The Bertz CT molecular complexity index is 1030. The number of carbonyl (C=O) groups is 2. The van der Waals surface area contributed by atoms with Gasteiger partial charge in [0.1, 0.15) is 17.8 Å². The smallest absolute Gasteiger partial charge is 0.265 e. The highest BCUT2D eigenvalue weighted by atomic mass is 35.5. The van der Waals surface area contributed by atoms with E-state index in [0.29, 0.717) is 39.1 Å². The van der Waals surface area contributed by atoms with E-state index in [-0.39, 0.29) is 25.0 Å². The first-order chi connectivity index (χ1) is 12.5. The molecule has 0 unspecified atom stereocenters. The number of oxazole rings is 1. The number of nitrogens with zero attached hydrogens (tertiary/aromatic N) is 2. The van der Waals surface area contributed by atoms with E-state index in [1.807, 2.05) is 0 Å². The number of rotatable bonds is 3. The number of aromatic nitrogens is 1. The summed E-state index contributed by atoms with van der Waals surface area (Å²) in [6, 6.07) is 10.1. The highest BCUT2D eigenvalue weighted by Gasteiger charge is 2.27. The molecule has 0 atom stereocenters. The molecule has 0 radical (unpaired) electrons. The molecule has 1 N–H and O–H groups in total. The number of benzene rings is 2. The van der Waals surface area contributed by atoms with Gasteiger partial charge >= 0.3 is 0 Å². The van der Waals surface area contributed by atoms with Gasteiger partial charge in [0, 0.05) is 17.6 Å². The van der Waals surface area contributed by atoms with Gasteiger partial charge in [0.2, 0.25) is 5.91 Å². The van der Waals surface area contributed by atoms with E-state index in [4.69, 9.17) is 20.8 Å². The Kier molecular flexibility index (Phi) is 4.00. The predicted molar refractivity (Wildman–Crippen MR) is 96.7 cm³/mol. The molecule has 0 fully saturated rings. The molecule has 1 aliphatic rings. The van der Waals surface area contributed by atoms with Gasteiger partial charge in [0.15, 0.2) is 18.1 Å². The van der Waals surface area contributed by atoms with E-state index < -0.39 is 0 Å². The van der Waals surface area contributed by atoms with E-state index in [9.17, 15) is 9.59 Å². The van der Waals surface area contributed by atoms with Crippen molar-refractivity contribution in [1.82, 2.24) is 4.98 Å². The fraction of sp³-hybridized carbons (Fsp3) is 0.167. The van der Waals surface area contributed by atoms with Crippen LogP contribution in [0.4, 0.5) is 11.4 Å². The van der Waals surface area contributed by atoms with Crippen LogP contribution in [0.25, 0.3) is 11.1 Å². The molecule has 132 valence electrons. The van der Waals surface area contributed by atoms with E-state index in [1.54, 1.807) is 43.3 Å². The van der Waals surface area contributed by atoms with Crippen molar-refractivity contribution in [1.29, 1.82) is 0 Å². The van der Waals surface area contributed by atoms with Crippen LogP contribution in [0.5, 0.6) is 5.75 Å². The van der Waals surface area contributed by atoms with Crippen LogP contribution < -0.4 is 15.0 Å². The predicted octanol–water partition coefficient (Wildman–Crippen LogP) is 3.15. The van der Waals surface area contributed by atoms with Gasteiger partial charge in [-0.1, -0.05) is 11.6 Å². The molecule has 0 saturated carbocycles. The SMILES string of the molecule is Cc1nc2cc(NC(=O)CN3C(=O)COc4ccc(Cl)cc43)ccc2o1. The fourth-order valence-corrected chi connectivity index (χ4v) is 2.98. The number of ether oxygens (including phenoxy) is 1. The summed E-state index contributed by atoms with van der Waals surface area (Å²) in [6.45, 7) is 1.49. The van der Waals surface area contributed by atoms with Gasteiger partial charge < -0.3 is 14.5 Å². The normalized spacial score (nSPS) is 13.5. The maximum absolute atomic E-state index is 12.4. The largest absolute Gasteiger partial charge is 0.482 e. The third-order valence-corrected chi connectivity index (χ3v) is 4.18. The number of amides is 2. The van der Waals surface area contributed by atoms with Gasteiger partial charge in [-0.05, 0) is 36.4 Å². The summed E-state index contributed by atoms with van der Waals surface area (Å²) < 4.78 is 10.8. The zero-order valence-electron chi connectivity index (χ0n) is 13.8.